The van der Waals surface area contributed by atoms with Gasteiger partial charge < -0.3 is 9.55 Å². The third-order valence-corrected chi connectivity index (χ3v) is 4.84. The quantitative estimate of drug-likeness (QED) is 0.623. The van der Waals surface area contributed by atoms with E-state index < -0.39 is 0 Å². The molecule has 0 aliphatic carbocycles. The van der Waals surface area contributed by atoms with E-state index in [1.54, 1.807) is 0 Å². The standard InChI is InChI=1S/C15H20Cl2N2S/c1-3-5-6-10(4-2)9-19-14-8-12(17)11(16)7-13(14)18-15(19)20/h7-8,10H,3-6,9H2,1-2H3,(H,18,20). The van der Waals surface area contributed by atoms with Gasteiger partial charge in [-0.05, 0) is 36.7 Å². The minimum Gasteiger partial charge on any atom is -0.331 e. The molecule has 0 saturated carbocycles. The molecule has 0 aliphatic heterocycles. The van der Waals surface area contributed by atoms with Gasteiger partial charge in [0.05, 0.1) is 21.1 Å². The number of hydrogen-bond acceptors (Lipinski definition) is 1. The Hall–Kier alpha value is -0.510. The van der Waals surface area contributed by atoms with E-state index in [9.17, 15) is 0 Å². The van der Waals surface area contributed by atoms with Crippen LogP contribution in [0.3, 0.4) is 0 Å². The van der Waals surface area contributed by atoms with Crippen molar-refractivity contribution in [2.24, 2.45) is 5.92 Å². The summed E-state index contributed by atoms with van der Waals surface area (Å²) in [5.74, 6) is 0.648. The number of nitrogens with zero attached hydrogens (tertiary/aromatic N) is 1. The number of unbranched alkanes of at least 4 members (excludes halogenated alkanes) is 1. The van der Waals surface area contributed by atoms with Gasteiger partial charge in [0.2, 0.25) is 0 Å². The van der Waals surface area contributed by atoms with Gasteiger partial charge in [-0.1, -0.05) is 56.3 Å². The van der Waals surface area contributed by atoms with Crippen molar-refractivity contribution in [3.63, 3.8) is 0 Å². The molecule has 2 rings (SSSR count). The summed E-state index contributed by atoms with van der Waals surface area (Å²) in [6, 6.07) is 3.75. The Labute approximate surface area is 135 Å². The van der Waals surface area contributed by atoms with Gasteiger partial charge in [-0.2, -0.15) is 0 Å². The van der Waals surface area contributed by atoms with Crippen molar-refractivity contribution in [1.29, 1.82) is 0 Å². The van der Waals surface area contributed by atoms with Crippen molar-refractivity contribution in [3.05, 3.63) is 26.9 Å². The third kappa shape index (κ3) is 3.38. The number of imidazole rings is 1. The molecule has 1 unspecified atom stereocenters. The highest BCUT2D eigenvalue weighted by Crippen LogP contribution is 2.28. The van der Waals surface area contributed by atoms with Crippen LogP contribution in [0.15, 0.2) is 12.1 Å². The van der Waals surface area contributed by atoms with Crippen LogP contribution in [0.25, 0.3) is 11.0 Å². The molecule has 20 heavy (non-hydrogen) atoms. The predicted molar refractivity (Wildman–Crippen MR) is 90.4 cm³/mol. The monoisotopic (exact) mass is 330 g/mol. The molecular formula is C15H20Cl2N2S. The van der Waals surface area contributed by atoms with E-state index in [0.29, 0.717) is 16.0 Å². The highest BCUT2D eigenvalue weighted by atomic mass is 35.5. The molecule has 1 atom stereocenters. The van der Waals surface area contributed by atoms with Crippen LogP contribution in [0.1, 0.15) is 39.5 Å². The molecule has 1 heterocycles. The maximum absolute atomic E-state index is 6.13. The first-order valence-electron chi connectivity index (χ1n) is 7.14. The van der Waals surface area contributed by atoms with Gasteiger partial charge >= 0.3 is 0 Å². The molecule has 2 nitrogen and oxygen atoms in total. The predicted octanol–water partition coefficient (Wildman–Crippen LogP) is 6.22. The number of hydrogen-bond donors (Lipinski definition) is 1. The van der Waals surface area contributed by atoms with Gasteiger partial charge in [0.15, 0.2) is 4.77 Å². The van der Waals surface area contributed by atoms with Crippen molar-refractivity contribution in [2.45, 2.75) is 46.1 Å². The van der Waals surface area contributed by atoms with E-state index >= 15 is 0 Å². The summed E-state index contributed by atoms with van der Waals surface area (Å²) in [6.45, 7) is 5.40. The van der Waals surface area contributed by atoms with Gasteiger partial charge in [0.25, 0.3) is 0 Å². The van der Waals surface area contributed by atoms with Crippen LogP contribution in [0, 0.1) is 10.7 Å². The summed E-state index contributed by atoms with van der Waals surface area (Å²) in [5.41, 5.74) is 1.99. The van der Waals surface area contributed by atoms with Crippen LogP contribution < -0.4 is 0 Å². The first kappa shape index (κ1) is 15.9. The number of benzene rings is 1. The van der Waals surface area contributed by atoms with Crippen molar-refractivity contribution in [2.75, 3.05) is 0 Å². The topological polar surface area (TPSA) is 20.7 Å². The molecule has 0 bridgehead atoms. The van der Waals surface area contributed by atoms with Crippen LogP contribution in [0.5, 0.6) is 0 Å². The first-order valence-corrected chi connectivity index (χ1v) is 8.30. The fourth-order valence-electron chi connectivity index (χ4n) is 2.51. The largest absolute Gasteiger partial charge is 0.331 e. The number of rotatable bonds is 6. The van der Waals surface area contributed by atoms with Crippen LogP contribution in [0.4, 0.5) is 0 Å². The van der Waals surface area contributed by atoms with Gasteiger partial charge in [0, 0.05) is 6.54 Å². The normalized spacial score (nSPS) is 13.0. The summed E-state index contributed by atoms with van der Waals surface area (Å²) in [4.78, 5) is 3.22. The zero-order valence-electron chi connectivity index (χ0n) is 11.9. The number of aromatic nitrogens is 2. The van der Waals surface area contributed by atoms with Crippen LogP contribution >= 0.6 is 35.4 Å². The Kier molecular flexibility index (Phi) is 5.53. The van der Waals surface area contributed by atoms with Crippen molar-refractivity contribution < 1.29 is 0 Å². The fraction of sp³-hybridized carbons (Fsp3) is 0.533. The number of nitrogens with one attached hydrogen (secondary N) is 1. The smallest absolute Gasteiger partial charge is 0.178 e. The maximum Gasteiger partial charge on any atom is 0.178 e. The lowest BCUT2D eigenvalue weighted by molar-refractivity contribution is 0.393. The second-order valence-corrected chi connectivity index (χ2v) is 6.44. The molecule has 5 heteroatoms. The molecule has 0 saturated heterocycles. The van der Waals surface area contributed by atoms with E-state index in [4.69, 9.17) is 35.4 Å². The lowest BCUT2D eigenvalue weighted by atomic mass is 9.99. The second kappa shape index (κ2) is 6.97. The molecular weight excluding hydrogens is 311 g/mol. The molecule has 1 aromatic carbocycles. The molecule has 0 fully saturated rings. The average molecular weight is 331 g/mol. The molecule has 0 spiro atoms. The molecule has 1 aromatic heterocycles. The number of H-pyrrole nitrogens is 1. The van der Waals surface area contributed by atoms with Gasteiger partial charge in [-0.3, -0.25) is 0 Å². The Morgan fingerprint density at radius 1 is 1.25 bits per heavy atom. The number of aromatic amines is 1. The summed E-state index contributed by atoms with van der Waals surface area (Å²) >= 11 is 17.6. The molecule has 0 amide bonds. The Balaban J connectivity index is 2.36. The van der Waals surface area contributed by atoms with E-state index in [0.717, 1.165) is 28.8 Å². The lowest BCUT2D eigenvalue weighted by Crippen LogP contribution is -2.10. The summed E-state index contributed by atoms with van der Waals surface area (Å²) < 4.78 is 2.89. The minimum absolute atomic E-state index is 0.556. The molecule has 110 valence electrons. The fourth-order valence-corrected chi connectivity index (χ4v) is 3.11. The van der Waals surface area contributed by atoms with Gasteiger partial charge in [0.1, 0.15) is 0 Å². The number of fused-ring (bicyclic) bond motifs is 1. The minimum atomic E-state index is 0.556. The zero-order valence-corrected chi connectivity index (χ0v) is 14.2. The van der Waals surface area contributed by atoms with Crippen molar-refractivity contribution in [3.8, 4) is 0 Å². The van der Waals surface area contributed by atoms with Crippen molar-refractivity contribution in [1.82, 2.24) is 9.55 Å². The first-order chi connectivity index (χ1) is 9.56. The third-order valence-electron chi connectivity index (χ3n) is 3.80. The Morgan fingerprint density at radius 2 is 1.95 bits per heavy atom. The van der Waals surface area contributed by atoms with E-state index in [-0.39, 0.29) is 0 Å². The van der Waals surface area contributed by atoms with Crippen LogP contribution in [-0.4, -0.2) is 9.55 Å². The highest BCUT2D eigenvalue weighted by molar-refractivity contribution is 7.71. The maximum atomic E-state index is 6.13. The van der Waals surface area contributed by atoms with Crippen molar-refractivity contribution >= 4 is 46.5 Å². The average Bonchev–Trinajstić information content (AvgIpc) is 2.71. The van der Waals surface area contributed by atoms with E-state index in [1.165, 1.54) is 19.3 Å². The van der Waals surface area contributed by atoms with E-state index in [2.05, 4.69) is 23.4 Å². The molecule has 0 radical (unpaired) electrons. The number of halogens is 2. The molecule has 2 aromatic rings. The van der Waals surface area contributed by atoms with Gasteiger partial charge in [-0.25, -0.2) is 0 Å². The zero-order chi connectivity index (χ0) is 14.7. The Morgan fingerprint density at radius 3 is 2.60 bits per heavy atom. The molecule has 1 N–H and O–H groups in total. The summed E-state index contributed by atoms with van der Waals surface area (Å²) in [6.07, 6.45) is 4.90. The SMILES string of the molecule is CCCCC(CC)Cn1c(=S)[nH]c2cc(Cl)c(Cl)cc21. The second-order valence-electron chi connectivity index (χ2n) is 5.24. The molecule has 0 aliphatic rings. The van der Waals surface area contributed by atoms with Crippen LogP contribution in [-0.2, 0) is 6.54 Å². The van der Waals surface area contributed by atoms with Gasteiger partial charge in [-0.15, -0.1) is 0 Å². The highest BCUT2D eigenvalue weighted by Gasteiger charge is 2.12. The summed E-state index contributed by atoms with van der Waals surface area (Å²) in [7, 11) is 0. The summed E-state index contributed by atoms with van der Waals surface area (Å²) in [5, 5.41) is 1.13. The van der Waals surface area contributed by atoms with E-state index in [1.807, 2.05) is 12.1 Å². The van der Waals surface area contributed by atoms with Crippen LogP contribution in [0.2, 0.25) is 10.0 Å². The Bertz CT molecular complexity index is 645. The lowest BCUT2D eigenvalue weighted by Gasteiger charge is -2.16.